The van der Waals surface area contributed by atoms with Crippen molar-refractivity contribution in [3.63, 3.8) is 0 Å². The number of rotatable bonds is 7. The Morgan fingerprint density at radius 1 is 1.13 bits per heavy atom. The first-order valence-corrected chi connectivity index (χ1v) is 13.2. The number of nitrogens with zero attached hydrogens (tertiary/aromatic N) is 1. The van der Waals surface area contributed by atoms with Crippen LogP contribution in [0.5, 0.6) is 5.75 Å². The Morgan fingerprint density at radius 3 is 2.47 bits per heavy atom. The van der Waals surface area contributed by atoms with Crippen LogP contribution in [0.2, 0.25) is 0 Å². The molecule has 3 aromatic rings. The average molecular weight is 559 g/mol. The summed E-state index contributed by atoms with van der Waals surface area (Å²) in [6.07, 6.45) is 3.32. The summed E-state index contributed by atoms with van der Waals surface area (Å²) >= 11 is 1.25. The van der Waals surface area contributed by atoms with E-state index in [9.17, 15) is 26.4 Å². The van der Waals surface area contributed by atoms with Crippen molar-refractivity contribution in [2.45, 2.75) is 12.6 Å². The number of hydrogen-bond acceptors (Lipinski definition) is 6. The van der Waals surface area contributed by atoms with Crippen LogP contribution in [0.1, 0.15) is 11.1 Å². The fourth-order valence-corrected chi connectivity index (χ4v) is 5.04. The topological polar surface area (TPSA) is 85.4 Å². The number of amides is 1. The van der Waals surface area contributed by atoms with Crippen LogP contribution in [0.15, 0.2) is 89.9 Å². The Labute approximate surface area is 222 Å². The van der Waals surface area contributed by atoms with Gasteiger partial charge in [-0.1, -0.05) is 30.4 Å². The highest BCUT2D eigenvalue weighted by Crippen LogP contribution is 2.30. The molecule has 1 aliphatic rings. The van der Waals surface area contributed by atoms with Gasteiger partial charge in [-0.25, -0.2) is 4.98 Å². The van der Waals surface area contributed by atoms with Crippen LogP contribution in [-0.4, -0.2) is 31.3 Å². The van der Waals surface area contributed by atoms with Crippen LogP contribution in [-0.2, 0) is 27.7 Å². The Kier molecular flexibility index (Phi) is 8.28. The number of ether oxygens (including phenoxy) is 1. The predicted molar refractivity (Wildman–Crippen MR) is 142 cm³/mol. The molecular formula is C27H21F3N2O4S2. The molecule has 1 atom stereocenters. The van der Waals surface area contributed by atoms with Crippen molar-refractivity contribution in [2.24, 2.45) is 5.92 Å². The fraction of sp³-hybridized carbons (Fsp3) is 0.148. The van der Waals surface area contributed by atoms with E-state index in [-0.39, 0.29) is 11.3 Å². The van der Waals surface area contributed by atoms with Gasteiger partial charge in [0.05, 0.1) is 23.2 Å². The van der Waals surface area contributed by atoms with Gasteiger partial charge in [0.1, 0.15) is 5.75 Å². The smallest absolute Gasteiger partial charge is 0.416 e. The monoisotopic (exact) mass is 558 g/mol. The third kappa shape index (κ3) is 6.87. The molecule has 1 heterocycles. The lowest BCUT2D eigenvalue weighted by Crippen LogP contribution is -2.15. The highest BCUT2D eigenvalue weighted by molar-refractivity contribution is 7.73. The minimum Gasteiger partial charge on any atom is -0.497 e. The van der Waals surface area contributed by atoms with Crippen molar-refractivity contribution >= 4 is 37.5 Å². The molecule has 6 nitrogen and oxygen atoms in total. The maximum atomic E-state index is 12.8. The zero-order chi connectivity index (χ0) is 27.3. The van der Waals surface area contributed by atoms with Gasteiger partial charge in [0.25, 0.3) is 0 Å². The highest BCUT2D eigenvalue weighted by atomic mass is 32.2. The maximum absolute atomic E-state index is 12.8. The lowest BCUT2D eigenvalue weighted by molar-refractivity contribution is -0.137. The van der Waals surface area contributed by atoms with Gasteiger partial charge in [-0.2, -0.15) is 21.6 Å². The van der Waals surface area contributed by atoms with Crippen LogP contribution < -0.4 is 10.1 Å². The van der Waals surface area contributed by atoms with Gasteiger partial charge in [-0.05, 0) is 60.0 Å². The lowest BCUT2D eigenvalue weighted by atomic mass is 9.92. The first-order valence-electron chi connectivity index (χ1n) is 11.2. The lowest BCUT2D eigenvalue weighted by Gasteiger charge is -2.14. The maximum Gasteiger partial charge on any atom is 0.416 e. The van der Waals surface area contributed by atoms with Gasteiger partial charge in [0.15, 0.2) is 5.13 Å². The summed E-state index contributed by atoms with van der Waals surface area (Å²) in [6.45, 7) is 0. The first kappa shape index (κ1) is 27.1. The SMILES string of the molecule is COc1ccc(-c2csc(NC(=O)/C=C/C3C=CC(Cc4ccc(C(F)(F)F)cc4)=CC3=S(=O)=O)n2)cc1. The van der Waals surface area contributed by atoms with E-state index in [1.54, 1.807) is 24.6 Å². The quantitative estimate of drug-likeness (QED) is 0.295. The number of anilines is 1. The summed E-state index contributed by atoms with van der Waals surface area (Å²) in [4.78, 5) is 16.9. The van der Waals surface area contributed by atoms with Crippen molar-refractivity contribution in [1.29, 1.82) is 0 Å². The predicted octanol–water partition coefficient (Wildman–Crippen LogP) is 5.74. The summed E-state index contributed by atoms with van der Waals surface area (Å²) in [5, 5.41) is 4.86. The van der Waals surface area contributed by atoms with E-state index in [2.05, 4.69) is 10.3 Å². The number of allylic oxidation sites excluding steroid dienone is 5. The summed E-state index contributed by atoms with van der Waals surface area (Å²) < 4.78 is 67.1. The van der Waals surface area contributed by atoms with Crippen LogP contribution in [0.3, 0.4) is 0 Å². The molecule has 0 spiro atoms. The third-order valence-electron chi connectivity index (χ3n) is 5.63. The van der Waals surface area contributed by atoms with Gasteiger partial charge >= 0.3 is 6.18 Å². The Bertz CT molecular complexity index is 1540. The largest absolute Gasteiger partial charge is 0.497 e. The molecular weight excluding hydrogens is 537 g/mol. The summed E-state index contributed by atoms with van der Waals surface area (Å²) in [5.74, 6) is -0.415. The van der Waals surface area contributed by atoms with Crippen LogP contribution in [0.4, 0.5) is 18.3 Å². The fourth-order valence-electron chi connectivity index (χ4n) is 3.69. The van der Waals surface area contributed by atoms with Gasteiger partial charge in [0, 0.05) is 22.9 Å². The molecule has 1 aromatic heterocycles. The van der Waals surface area contributed by atoms with Crippen LogP contribution in [0, 0.1) is 5.92 Å². The van der Waals surface area contributed by atoms with Gasteiger partial charge < -0.3 is 4.74 Å². The number of thiazole rings is 1. The van der Waals surface area contributed by atoms with Gasteiger partial charge in [-0.15, -0.1) is 11.3 Å². The zero-order valence-corrected chi connectivity index (χ0v) is 21.5. The van der Waals surface area contributed by atoms with E-state index in [0.717, 1.165) is 23.4 Å². The van der Waals surface area contributed by atoms with Crippen molar-refractivity contribution in [1.82, 2.24) is 4.98 Å². The van der Waals surface area contributed by atoms with Crippen molar-refractivity contribution in [3.8, 4) is 17.0 Å². The molecule has 196 valence electrons. The minimum absolute atomic E-state index is 0.0505. The number of benzene rings is 2. The molecule has 1 amide bonds. The number of alkyl halides is 3. The summed E-state index contributed by atoms with van der Waals surface area (Å²) in [6, 6.07) is 12.0. The van der Waals surface area contributed by atoms with Crippen molar-refractivity contribution in [3.05, 3.63) is 101 Å². The molecule has 1 aliphatic carbocycles. The number of halogens is 3. The second-order valence-corrected chi connectivity index (χ2v) is 10.0. The minimum atomic E-state index is -4.42. The Hall–Kier alpha value is -3.96. The molecule has 0 saturated carbocycles. The standard InChI is InChI=1S/C27H21F3N2O4S2/c1-36-22-11-6-19(7-12-22)23-16-37-26(31-23)32-25(33)13-8-20-5-2-18(15-24(20)38(34)35)14-17-3-9-21(10-4-17)27(28,29)30/h2-13,15-16,20H,14H2,1H3,(H,31,32,33)/b13-8+. The van der Waals surface area contributed by atoms with E-state index >= 15 is 0 Å². The normalized spacial score (nSPS) is 15.4. The van der Waals surface area contributed by atoms with Crippen molar-refractivity contribution < 1.29 is 31.1 Å². The van der Waals surface area contributed by atoms with Crippen LogP contribution >= 0.6 is 11.3 Å². The number of methoxy groups -OCH3 is 1. The average Bonchev–Trinajstić information content (AvgIpc) is 3.36. The number of aromatic nitrogens is 1. The Morgan fingerprint density at radius 2 is 1.84 bits per heavy atom. The number of carbonyl (C=O) groups excluding carboxylic acids is 1. The molecule has 2 aromatic carbocycles. The highest BCUT2D eigenvalue weighted by Gasteiger charge is 2.30. The summed E-state index contributed by atoms with van der Waals surface area (Å²) in [7, 11) is -0.982. The molecule has 0 bridgehead atoms. The summed E-state index contributed by atoms with van der Waals surface area (Å²) in [5.41, 5.74) is 2.03. The van der Waals surface area contributed by atoms with Gasteiger partial charge in [0.2, 0.25) is 16.2 Å². The number of carbonyl (C=O) groups is 1. The molecule has 38 heavy (non-hydrogen) atoms. The second-order valence-electron chi connectivity index (χ2n) is 8.23. The van der Waals surface area contributed by atoms with Crippen LogP contribution in [0.25, 0.3) is 11.3 Å². The zero-order valence-electron chi connectivity index (χ0n) is 19.9. The van der Waals surface area contributed by atoms with E-state index in [1.807, 2.05) is 24.3 Å². The molecule has 1 N–H and O–H groups in total. The third-order valence-corrected chi connectivity index (χ3v) is 7.16. The van der Waals surface area contributed by atoms with E-state index in [0.29, 0.717) is 22.0 Å². The molecule has 0 fully saturated rings. The van der Waals surface area contributed by atoms with E-state index in [1.165, 1.54) is 41.7 Å². The molecule has 0 aliphatic heterocycles. The number of hydrogen-bond donors (Lipinski definition) is 1. The molecule has 11 heteroatoms. The van der Waals surface area contributed by atoms with E-state index < -0.39 is 33.9 Å². The second kappa shape index (κ2) is 11.6. The molecule has 0 radical (unpaired) electrons. The molecule has 0 saturated heterocycles. The number of nitrogens with one attached hydrogen (secondary N) is 1. The van der Waals surface area contributed by atoms with E-state index in [4.69, 9.17) is 4.74 Å². The van der Waals surface area contributed by atoms with Crippen molar-refractivity contribution in [2.75, 3.05) is 12.4 Å². The van der Waals surface area contributed by atoms with Gasteiger partial charge in [-0.3, -0.25) is 10.1 Å². The molecule has 4 rings (SSSR count). The first-order chi connectivity index (χ1) is 18.1. The Balaban J connectivity index is 1.39. The molecule has 1 unspecified atom stereocenters.